The van der Waals surface area contributed by atoms with Gasteiger partial charge in [-0.2, -0.15) is 0 Å². The number of benzene rings is 1. The minimum atomic E-state index is -0.318. The maximum Gasteiger partial charge on any atom is 0.293 e. The molecule has 0 bridgehead atoms. The van der Waals surface area contributed by atoms with E-state index in [0.29, 0.717) is 6.47 Å². The second-order valence-corrected chi connectivity index (χ2v) is 5.78. The van der Waals surface area contributed by atoms with Crippen LogP contribution < -0.4 is 10.2 Å². The molecule has 2 rings (SSSR count). The number of hydrogen-bond donors (Lipinski definition) is 1. The molecule has 1 aromatic carbocycles. The van der Waals surface area contributed by atoms with Crippen LogP contribution in [-0.2, 0) is 9.53 Å². The number of aldehydes is 1. The lowest BCUT2D eigenvalue weighted by Crippen LogP contribution is -2.43. The van der Waals surface area contributed by atoms with Gasteiger partial charge < -0.3 is 15.0 Å². The first kappa shape index (κ1) is 17.2. The fourth-order valence-corrected chi connectivity index (χ4v) is 1.86. The summed E-state index contributed by atoms with van der Waals surface area (Å²) in [6.45, 7) is 9.99. The first-order chi connectivity index (χ1) is 9.96. The average molecular weight is 292 g/mol. The van der Waals surface area contributed by atoms with Crippen LogP contribution in [0.2, 0.25) is 0 Å². The van der Waals surface area contributed by atoms with Gasteiger partial charge in [0.25, 0.3) is 6.47 Å². The Kier molecular flexibility index (Phi) is 6.88. The minimum absolute atomic E-state index is 0.318. The van der Waals surface area contributed by atoms with Crippen molar-refractivity contribution in [2.75, 3.05) is 31.1 Å². The quantitative estimate of drug-likeness (QED) is 0.862. The van der Waals surface area contributed by atoms with Gasteiger partial charge >= 0.3 is 0 Å². The fourth-order valence-electron chi connectivity index (χ4n) is 1.86. The highest BCUT2D eigenvalue weighted by atomic mass is 16.5. The predicted octanol–water partition coefficient (Wildman–Crippen LogP) is 1.87. The molecule has 5 nitrogen and oxygen atoms in total. The maximum atomic E-state index is 10.6. The van der Waals surface area contributed by atoms with Crippen LogP contribution in [-0.4, -0.2) is 44.5 Å². The van der Waals surface area contributed by atoms with E-state index in [2.05, 4.69) is 21.0 Å². The Bertz CT molecular complexity index is 449. The molecular weight excluding hydrogens is 268 g/mol. The molecule has 116 valence electrons. The fraction of sp³-hybridized carbons (Fsp3) is 0.500. The van der Waals surface area contributed by atoms with E-state index in [9.17, 15) is 9.59 Å². The lowest BCUT2D eigenvalue weighted by Gasteiger charge is -2.29. The highest BCUT2D eigenvalue weighted by molar-refractivity contribution is 5.77. The molecule has 0 unspecified atom stereocenters. The number of nitrogens with one attached hydrogen (secondary N) is 1. The number of rotatable bonds is 3. The zero-order chi connectivity index (χ0) is 15.7. The van der Waals surface area contributed by atoms with Gasteiger partial charge in [0.15, 0.2) is 0 Å². The van der Waals surface area contributed by atoms with Crippen LogP contribution in [0.25, 0.3) is 0 Å². The van der Waals surface area contributed by atoms with Gasteiger partial charge in [0.05, 0.1) is 0 Å². The smallest absolute Gasteiger partial charge is 0.293 e. The largest absolute Gasteiger partial charge is 0.462 e. The number of hydrogen-bond acceptors (Lipinski definition) is 5. The molecule has 1 saturated heterocycles. The van der Waals surface area contributed by atoms with Crippen LogP contribution in [0, 0.1) is 0 Å². The van der Waals surface area contributed by atoms with E-state index in [-0.39, 0.29) is 5.60 Å². The van der Waals surface area contributed by atoms with Crippen LogP contribution in [0.3, 0.4) is 0 Å². The summed E-state index contributed by atoms with van der Waals surface area (Å²) in [6.07, 6.45) is 0.895. The zero-order valence-electron chi connectivity index (χ0n) is 13.0. The van der Waals surface area contributed by atoms with E-state index in [1.54, 1.807) is 0 Å². The van der Waals surface area contributed by atoms with E-state index in [1.807, 2.05) is 39.0 Å². The number of nitrogens with zero attached hydrogens (tertiary/aromatic N) is 1. The summed E-state index contributed by atoms with van der Waals surface area (Å²) in [5.41, 5.74) is 1.58. The standard InChI is InChI=1S/C11H14N2O.C5H10O2/c14-9-10-2-1-3-11(8-10)13-6-4-12-5-7-13;1-5(2,3)7-4-6/h1-3,8-9,12H,4-7H2;4H,1-3H3. The molecule has 1 N–H and O–H groups in total. The van der Waals surface area contributed by atoms with E-state index in [1.165, 1.54) is 0 Å². The Morgan fingerprint density at radius 3 is 2.33 bits per heavy atom. The van der Waals surface area contributed by atoms with Crippen molar-refractivity contribution >= 4 is 18.4 Å². The molecule has 0 amide bonds. The molecule has 0 aromatic heterocycles. The van der Waals surface area contributed by atoms with Crippen LogP contribution in [0.5, 0.6) is 0 Å². The van der Waals surface area contributed by atoms with Crippen molar-refractivity contribution < 1.29 is 14.3 Å². The highest BCUT2D eigenvalue weighted by Crippen LogP contribution is 2.15. The predicted molar refractivity (Wildman–Crippen MR) is 83.8 cm³/mol. The summed E-state index contributed by atoms with van der Waals surface area (Å²) >= 11 is 0. The zero-order valence-corrected chi connectivity index (χ0v) is 13.0. The molecule has 0 spiro atoms. The van der Waals surface area contributed by atoms with Crippen molar-refractivity contribution in [2.24, 2.45) is 0 Å². The van der Waals surface area contributed by atoms with Gasteiger partial charge in [0.2, 0.25) is 0 Å². The van der Waals surface area contributed by atoms with Gasteiger partial charge in [-0.3, -0.25) is 9.59 Å². The number of ether oxygens (including phenoxy) is 1. The van der Waals surface area contributed by atoms with E-state index < -0.39 is 0 Å². The maximum absolute atomic E-state index is 10.6. The lowest BCUT2D eigenvalue weighted by atomic mass is 10.2. The molecule has 0 radical (unpaired) electrons. The van der Waals surface area contributed by atoms with Crippen molar-refractivity contribution in [1.82, 2.24) is 5.32 Å². The van der Waals surface area contributed by atoms with Crippen molar-refractivity contribution in [3.05, 3.63) is 29.8 Å². The van der Waals surface area contributed by atoms with E-state index in [4.69, 9.17) is 0 Å². The Morgan fingerprint density at radius 2 is 1.86 bits per heavy atom. The van der Waals surface area contributed by atoms with Crippen LogP contribution in [0.1, 0.15) is 31.1 Å². The number of anilines is 1. The molecular formula is C16H24N2O3. The Hall–Kier alpha value is -1.88. The third-order valence-electron chi connectivity index (χ3n) is 2.89. The summed E-state index contributed by atoms with van der Waals surface area (Å²) in [4.78, 5) is 22.5. The second kappa shape index (κ2) is 8.42. The van der Waals surface area contributed by atoms with E-state index >= 15 is 0 Å². The Balaban J connectivity index is 0.000000270. The van der Waals surface area contributed by atoms with Gasteiger partial charge in [-0.05, 0) is 32.9 Å². The Labute approximate surface area is 126 Å². The van der Waals surface area contributed by atoms with Crippen molar-refractivity contribution in [3.63, 3.8) is 0 Å². The number of piperazine rings is 1. The van der Waals surface area contributed by atoms with E-state index in [0.717, 1.165) is 43.7 Å². The molecule has 1 aliphatic heterocycles. The topological polar surface area (TPSA) is 58.6 Å². The molecule has 5 heteroatoms. The van der Waals surface area contributed by atoms with Crippen LogP contribution >= 0.6 is 0 Å². The summed E-state index contributed by atoms with van der Waals surface area (Å²) in [7, 11) is 0. The SMILES string of the molecule is CC(C)(C)OC=O.O=Cc1cccc(N2CCNCC2)c1. The van der Waals surface area contributed by atoms with Gasteiger partial charge in [-0.25, -0.2) is 0 Å². The van der Waals surface area contributed by atoms with Crippen LogP contribution in [0.15, 0.2) is 24.3 Å². The number of carbonyl (C=O) groups is 2. The second-order valence-electron chi connectivity index (χ2n) is 5.78. The van der Waals surface area contributed by atoms with Gasteiger partial charge in [0, 0.05) is 37.4 Å². The third kappa shape index (κ3) is 6.90. The normalized spacial score (nSPS) is 14.7. The summed E-state index contributed by atoms with van der Waals surface area (Å²) in [5, 5.41) is 3.30. The molecule has 0 saturated carbocycles. The molecule has 1 aliphatic rings. The summed E-state index contributed by atoms with van der Waals surface area (Å²) in [6, 6.07) is 7.76. The molecule has 0 atom stereocenters. The molecule has 1 fully saturated rings. The van der Waals surface area contributed by atoms with Crippen molar-refractivity contribution in [2.45, 2.75) is 26.4 Å². The first-order valence-electron chi connectivity index (χ1n) is 7.08. The average Bonchev–Trinajstić information content (AvgIpc) is 2.48. The summed E-state index contributed by atoms with van der Waals surface area (Å²) in [5.74, 6) is 0. The van der Waals surface area contributed by atoms with Crippen molar-refractivity contribution in [1.29, 1.82) is 0 Å². The highest BCUT2D eigenvalue weighted by Gasteiger charge is 2.10. The molecule has 21 heavy (non-hydrogen) atoms. The Morgan fingerprint density at radius 1 is 1.19 bits per heavy atom. The first-order valence-corrected chi connectivity index (χ1v) is 7.08. The van der Waals surface area contributed by atoms with Gasteiger partial charge in [-0.1, -0.05) is 12.1 Å². The lowest BCUT2D eigenvalue weighted by molar-refractivity contribution is -0.138. The third-order valence-corrected chi connectivity index (χ3v) is 2.89. The van der Waals surface area contributed by atoms with Crippen LogP contribution in [0.4, 0.5) is 5.69 Å². The summed E-state index contributed by atoms with van der Waals surface area (Å²) < 4.78 is 4.55. The van der Waals surface area contributed by atoms with Crippen molar-refractivity contribution in [3.8, 4) is 0 Å². The molecule has 1 aromatic rings. The molecule has 1 heterocycles. The van der Waals surface area contributed by atoms with Gasteiger partial charge in [-0.15, -0.1) is 0 Å². The molecule has 0 aliphatic carbocycles. The minimum Gasteiger partial charge on any atom is -0.462 e. The monoisotopic (exact) mass is 292 g/mol. The number of carbonyl (C=O) groups excluding carboxylic acids is 2. The van der Waals surface area contributed by atoms with Gasteiger partial charge in [0.1, 0.15) is 11.9 Å².